The van der Waals surface area contributed by atoms with E-state index in [2.05, 4.69) is 0 Å². The number of carbonyl (C=O) groups is 1. The summed E-state index contributed by atoms with van der Waals surface area (Å²) < 4.78 is 38.2. The van der Waals surface area contributed by atoms with Crippen molar-refractivity contribution in [2.24, 2.45) is 0 Å². The molecular formula is C16H14F3NO2S. The lowest BCUT2D eigenvalue weighted by molar-refractivity contribution is -0.142. The monoisotopic (exact) mass is 341 g/mol. The number of carbonyl (C=O) groups excluding carboxylic acids is 1. The van der Waals surface area contributed by atoms with E-state index in [0.29, 0.717) is 19.5 Å². The van der Waals surface area contributed by atoms with Crippen LogP contribution in [0.5, 0.6) is 0 Å². The topological polar surface area (TPSA) is 40.5 Å². The third-order valence-electron chi connectivity index (χ3n) is 3.90. The molecule has 0 fully saturated rings. The Kier molecular flexibility index (Phi) is 4.16. The molecule has 1 N–H and O–H groups in total. The first kappa shape index (κ1) is 16.0. The zero-order valence-corrected chi connectivity index (χ0v) is 12.8. The fourth-order valence-electron chi connectivity index (χ4n) is 2.63. The van der Waals surface area contributed by atoms with Crippen molar-refractivity contribution >= 4 is 17.2 Å². The zero-order valence-electron chi connectivity index (χ0n) is 12.0. The van der Waals surface area contributed by atoms with Crippen LogP contribution in [0.15, 0.2) is 35.7 Å². The van der Waals surface area contributed by atoms with Gasteiger partial charge in [0.15, 0.2) is 6.10 Å². The number of hydrogen-bond donors (Lipinski definition) is 1. The van der Waals surface area contributed by atoms with E-state index < -0.39 is 23.8 Å². The highest BCUT2D eigenvalue weighted by atomic mass is 32.1. The fraction of sp³-hybridized carbons (Fsp3) is 0.312. The van der Waals surface area contributed by atoms with Crippen LogP contribution in [0, 0.1) is 0 Å². The largest absolute Gasteiger partial charge is 0.416 e. The average molecular weight is 341 g/mol. The molecule has 0 bridgehead atoms. The Balaban J connectivity index is 1.78. The second kappa shape index (κ2) is 5.98. The van der Waals surface area contributed by atoms with Gasteiger partial charge in [0.25, 0.3) is 5.91 Å². The number of amides is 1. The lowest BCUT2D eigenvalue weighted by Gasteiger charge is -2.29. The molecule has 0 saturated carbocycles. The molecule has 0 saturated heterocycles. The number of rotatable bonds is 2. The van der Waals surface area contributed by atoms with Gasteiger partial charge in [-0.3, -0.25) is 4.79 Å². The summed E-state index contributed by atoms with van der Waals surface area (Å²) in [5.74, 6) is -0.566. The van der Waals surface area contributed by atoms with Gasteiger partial charge >= 0.3 is 6.18 Å². The van der Waals surface area contributed by atoms with Crippen molar-refractivity contribution in [3.05, 3.63) is 57.3 Å². The number of halogens is 3. The summed E-state index contributed by atoms with van der Waals surface area (Å²) in [7, 11) is 0. The van der Waals surface area contributed by atoms with Crippen molar-refractivity contribution in [1.29, 1.82) is 0 Å². The number of thiophene rings is 1. The third-order valence-corrected chi connectivity index (χ3v) is 4.85. The smallest absolute Gasteiger partial charge is 0.378 e. The second-order valence-electron chi connectivity index (χ2n) is 5.40. The lowest BCUT2D eigenvalue weighted by Crippen LogP contribution is -2.38. The van der Waals surface area contributed by atoms with Crippen molar-refractivity contribution in [3.8, 4) is 0 Å². The van der Waals surface area contributed by atoms with E-state index >= 15 is 0 Å². The molecule has 1 atom stereocenters. The van der Waals surface area contributed by atoms with E-state index in [1.54, 1.807) is 0 Å². The minimum Gasteiger partial charge on any atom is -0.378 e. The van der Waals surface area contributed by atoms with E-state index in [4.69, 9.17) is 0 Å². The molecule has 1 unspecified atom stereocenters. The Morgan fingerprint density at radius 3 is 2.83 bits per heavy atom. The van der Waals surface area contributed by atoms with Crippen LogP contribution in [-0.2, 0) is 23.9 Å². The minimum absolute atomic E-state index is 0.0400. The van der Waals surface area contributed by atoms with Gasteiger partial charge in [0, 0.05) is 11.4 Å². The van der Waals surface area contributed by atoms with Crippen LogP contribution in [0.25, 0.3) is 0 Å². The molecule has 0 aliphatic carbocycles. The van der Waals surface area contributed by atoms with Crippen LogP contribution in [0.1, 0.15) is 27.7 Å². The first-order valence-electron chi connectivity index (χ1n) is 7.05. The molecule has 1 aromatic carbocycles. The van der Waals surface area contributed by atoms with Gasteiger partial charge in [-0.1, -0.05) is 12.1 Å². The number of nitrogens with zero attached hydrogens (tertiary/aromatic N) is 1. The van der Waals surface area contributed by atoms with E-state index in [1.165, 1.54) is 33.9 Å². The van der Waals surface area contributed by atoms with Gasteiger partial charge in [0.1, 0.15) is 0 Å². The zero-order chi connectivity index (χ0) is 16.6. The maximum absolute atomic E-state index is 12.7. The molecule has 122 valence electrons. The summed E-state index contributed by atoms with van der Waals surface area (Å²) in [4.78, 5) is 14.9. The molecular weight excluding hydrogens is 327 g/mol. The van der Waals surface area contributed by atoms with Crippen molar-refractivity contribution in [3.63, 3.8) is 0 Å². The van der Waals surface area contributed by atoms with E-state index in [1.807, 2.05) is 11.4 Å². The van der Waals surface area contributed by atoms with Crippen molar-refractivity contribution in [1.82, 2.24) is 4.90 Å². The summed E-state index contributed by atoms with van der Waals surface area (Å²) in [5, 5.41) is 12.1. The Bertz CT molecular complexity index is 726. The van der Waals surface area contributed by atoms with E-state index in [-0.39, 0.29) is 5.56 Å². The van der Waals surface area contributed by atoms with Crippen molar-refractivity contribution in [2.45, 2.75) is 25.2 Å². The second-order valence-corrected chi connectivity index (χ2v) is 6.41. The van der Waals surface area contributed by atoms with Gasteiger partial charge in [-0.2, -0.15) is 13.2 Å². The highest BCUT2D eigenvalue weighted by Gasteiger charge is 2.32. The maximum Gasteiger partial charge on any atom is 0.416 e. The van der Waals surface area contributed by atoms with Crippen LogP contribution in [0.2, 0.25) is 0 Å². The van der Waals surface area contributed by atoms with Crippen LogP contribution in [0.4, 0.5) is 13.2 Å². The molecule has 1 aliphatic rings. The number of fused-ring (bicyclic) bond motifs is 1. The summed E-state index contributed by atoms with van der Waals surface area (Å²) in [6.45, 7) is 0.848. The summed E-state index contributed by atoms with van der Waals surface area (Å²) in [6.07, 6.45) is -5.39. The van der Waals surface area contributed by atoms with Gasteiger partial charge in [0.2, 0.25) is 0 Å². The summed E-state index contributed by atoms with van der Waals surface area (Å²) in [5.41, 5.74) is 0.274. The maximum atomic E-state index is 12.7. The molecule has 0 spiro atoms. The lowest BCUT2D eigenvalue weighted by atomic mass is 10.0. The molecule has 3 rings (SSSR count). The standard InChI is InChI=1S/C16H14F3NO2S/c17-16(18,19)12-3-1-2-11(8-12)14(21)15(22)20-6-4-10-5-7-23-13(10)9-20/h1-3,5,7-8,14,21H,4,6,9H2. The predicted molar refractivity (Wildman–Crippen MR) is 79.8 cm³/mol. The van der Waals surface area contributed by atoms with E-state index in [9.17, 15) is 23.1 Å². The Hall–Kier alpha value is -1.86. The number of aliphatic hydroxyl groups is 1. The molecule has 1 aromatic heterocycles. The highest BCUT2D eigenvalue weighted by Crippen LogP contribution is 2.32. The summed E-state index contributed by atoms with van der Waals surface area (Å²) in [6, 6.07) is 6.27. The van der Waals surface area contributed by atoms with Crippen LogP contribution >= 0.6 is 11.3 Å². The molecule has 2 aromatic rings. The van der Waals surface area contributed by atoms with Gasteiger partial charge < -0.3 is 10.0 Å². The molecule has 1 aliphatic heterocycles. The van der Waals surface area contributed by atoms with Crippen LogP contribution in [-0.4, -0.2) is 22.5 Å². The van der Waals surface area contributed by atoms with Gasteiger partial charge in [-0.05, 0) is 41.1 Å². The fourth-order valence-corrected chi connectivity index (χ4v) is 3.57. The molecule has 3 nitrogen and oxygen atoms in total. The van der Waals surface area contributed by atoms with Crippen LogP contribution in [0.3, 0.4) is 0 Å². The molecule has 7 heteroatoms. The van der Waals surface area contributed by atoms with E-state index in [0.717, 1.165) is 17.0 Å². The Morgan fingerprint density at radius 2 is 2.09 bits per heavy atom. The normalized spacial score (nSPS) is 16.1. The Labute approximate surface area is 135 Å². The Morgan fingerprint density at radius 1 is 1.30 bits per heavy atom. The minimum atomic E-state index is -4.50. The SMILES string of the molecule is O=C(C(O)c1cccc(C(F)(F)F)c1)N1CCc2ccsc2C1. The highest BCUT2D eigenvalue weighted by molar-refractivity contribution is 7.10. The van der Waals surface area contributed by atoms with Gasteiger partial charge in [-0.15, -0.1) is 11.3 Å². The number of aliphatic hydroxyl groups excluding tert-OH is 1. The molecule has 0 radical (unpaired) electrons. The average Bonchev–Trinajstić information content (AvgIpc) is 3.00. The quantitative estimate of drug-likeness (QED) is 0.910. The molecule has 2 heterocycles. The summed E-state index contributed by atoms with van der Waals surface area (Å²) >= 11 is 1.54. The van der Waals surface area contributed by atoms with Crippen molar-refractivity contribution in [2.75, 3.05) is 6.54 Å². The number of benzene rings is 1. The predicted octanol–water partition coefficient (Wildman–Crippen LogP) is 3.39. The number of alkyl halides is 3. The van der Waals surface area contributed by atoms with Crippen LogP contribution < -0.4 is 0 Å². The molecule has 23 heavy (non-hydrogen) atoms. The van der Waals surface area contributed by atoms with Gasteiger partial charge in [-0.25, -0.2) is 0 Å². The van der Waals surface area contributed by atoms with Crippen molar-refractivity contribution < 1.29 is 23.1 Å². The third kappa shape index (κ3) is 3.25. The first-order chi connectivity index (χ1) is 10.9. The molecule has 1 amide bonds. The number of hydrogen-bond acceptors (Lipinski definition) is 3. The first-order valence-corrected chi connectivity index (χ1v) is 7.93. The van der Waals surface area contributed by atoms with Gasteiger partial charge in [0.05, 0.1) is 12.1 Å².